The zero-order chi connectivity index (χ0) is 14.8. The molecule has 0 unspecified atom stereocenters. The summed E-state index contributed by atoms with van der Waals surface area (Å²) in [5, 5.41) is 11.0. The van der Waals surface area contributed by atoms with Crippen molar-refractivity contribution in [3.8, 4) is 0 Å². The molecule has 0 aliphatic heterocycles. The fraction of sp³-hybridized carbons (Fsp3) is 0.750. The molecule has 4 N–H and O–H groups in total. The standard InChI is InChI=1S/C12H22N2O5/c1-3-4-5-6-9(12(18)19-2)14-11(17)8(13)7-10(15)16/h8-9H,3-7,13H2,1-2H3,(H,14,17)(H,15,16)/t8-,9-/m1/s1. The van der Waals surface area contributed by atoms with Gasteiger partial charge in [0, 0.05) is 0 Å². The van der Waals surface area contributed by atoms with E-state index in [4.69, 9.17) is 10.8 Å². The molecule has 0 radical (unpaired) electrons. The van der Waals surface area contributed by atoms with Crippen LogP contribution in [-0.4, -0.2) is 42.1 Å². The number of carboxylic acid groups (broad SMARTS) is 1. The molecule has 0 aromatic rings. The van der Waals surface area contributed by atoms with E-state index >= 15 is 0 Å². The summed E-state index contributed by atoms with van der Waals surface area (Å²) in [6.07, 6.45) is 2.66. The molecule has 7 nitrogen and oxygen atoms in total. The average molecular weight is 274 g/mol. The fourth-order valence-electron chi connectivity index (χ4n) is 1.55. The van der Waals surface area contributed by atoms with Gasteiger partial charge in [-0.25, -0.2) is 4.79 Å². The first kappa shape index (κ1) is 17.4. The van der Waals surface area contributed by atoms with Crippen LogP contribution in [0, 0.1) is 0 Å². The summed E-state index contributed by atoms with van der Waals surface area (Å²) in [6.45, 7) is 2.02. The number of carbonyl (C=O) groups is 3. The van der Waals surface area contributed by atoms with Gasteiger partial charge >= 0.3 is 11.9 Å². The number of ether oxygens (including phenoxy) is 1. The summed E-state index contributed by atoms with van der Waals surface area (Å²) in [5.41, 5.74) is 5.42. The van der Waals surface area contributed by atoms with Gasteiger partial charge in [-0.05, 0) is 6.42 Å². The van der Waals surface area contributed by atoms with Crippen LogP contribution in [0.15, 0.2) is 0 Å². The maximum Gasteiger partial charge on any atom is 0.328 e. The van der Waals surface area contributed by atoms with Crippen LogP contribution in [0.3, 0.4) is 0 Å². The molecule has 0 rings (SSSR count). The normalized spacial score (nSPS) is 13.4. The Bertz CT molecular complexity index is 319. The largest absolute Gasteiger partial charge is 0.481 e. The number of nitrogens with one attached hydrogen (secondary N) is 1. The quantitative estimate of drug-likeness (QED) is 0.403. The number of carbonyl (C=O) groups excluding carboxylic acids is 2. The van der Waals surface area contributed by atoms with Gasteiger partial charge in [-0.3, -0.25) is 9.59 Å². The van der Waals surface area contributed by atoms with Crippen molar-refractivity contribution in [2.75, 3.05) is 7.11 Å². The van der Waals surface area contributed by atoms with Gasteiger partial charge in [0.2, 0.25) is 5.91 Å². The Morgan fingerprint density at radius 1 is 1.32 bits per heavy atom. The van der Waals surface area contributed by atoms with Crippen LogP contribution in [0.2, 0.25) is 0 Å². The average Bonchev–Trinajstić information content (AvgIpc) is 2.35. The van der Waals surface area contributed by atoms with Crippen molar-refractivity contribution in [2.24, 2.45) is 5.73 Å². The van der Waals surface area contributed by atoms with E-state index in [1.54, 1.807) is 0 Å². The number of hydrogen-bond donors (Lipinski definition) is 3. The van der Waals surface area contributed by atoms with Gasteiger partial charge in [0.25, 0.3) is 0 Å². The van der Waals surface area contributed by atoms with Gasteiger partial charge in [-0.1, -0.05) is 26.2 Å². The minimum Gasteiger partial charge on any atom is -0.481 e. The van der Waals surface area contributed by atoms with E-state index in [2.05, 4.69) is 10.1 Å². The monoisotopic (exact) mass is 274 g/mol. The number of carboxylic acids is 1. The Morgan fingerprint density at radius 2 is 1.95 bits per heavy atom. The zero-order valence-corrected chi connectivity index (χ0v) is 11.3. The molecule has 0 fully saturated rings. The van der Waals surface area contributed by atoms with E-state index in [0.717, 1.165) is 19.3 Å². The third-order valence-electron chi connectivity index (χ3n) is 2.63. The van der Waals surface area contributed by atoms with Crippen LogP contribution in [0.1, 0.15) is 39.0 Å². The second-order valence-corrected chi connectivity index (χ2v) is 4.28. The minimum atomic E-state index is -1.17. The first-order chi connectivity index (χ1) is 8.92. The van der Waals surface area contributed by atoms with Crippen LogP contribution in [0.4, 0.5) is 0 Å². The maximum atomic E-state index is 11.6. The Labute approximate surface area is 112 Å². The fourth-order valence-corrected chi connectivity index (χ4v) is 1.55. The molecule has 2 atom stereocenters. The van der Waals surface area contributed by atoms with Crippen LogP contribution in [0.25, 0.3) is 0 Å². The molecule has 0 saturated carbocycles. The smallest absolute Gasteiger partial charge is 0.328 e. The number of methoxy groups -OCH3 is 1. The molecule has 0 aliphatic rings. The highest BCUT2D eigenvalue weighted by Gasteiger charge is 2.25. The lowest BCUT2D eigenvalue weighted by Crippen LogP contribution is -2.49. The minimum absolute atomic E-state index is 0.450. The molecule has 19 heavy (non-hydrogen) atoms. The molecule has 0 aromatic heterocycles. The Morgan fingerprint density at radius 3 is 2.42 bits per heavy atom. The summed E-state index contributed by atoms with van der Waals surface area (Å²) in [5.74, 6) is -2.37. The third kappa shape index (κ3) is 7.40. The summed E-state index contributed by atoms with van der Waals surface area (Å²) >= 11 is 0. The van der Waals surface area contributed by atoms with E-state index in [1.807, 2.05) is 6.92 Å². The molecule has 7 heteroatoms. The lowest BCUT2D eigenvalue weighted by Gasteiger charge is -2.18. The zero-order valence-electron chi connectivity index (χ0n) is 11.3. The van der Waals surface area contributed by atoms with Gasteiger partial charge in [0.1, 0.15) is 6.04 Å². The summed E-state index contributed by atoms with van der Waals surface area (Å²) in [6, 6.07) is -1.94. The predicted octanol–water partition coefficient (Wildman–Crippen LogP) is 0.0265. The van der Waals surface area contributed by atoms with Crippen molar-refractivity contribution in [1.82, 2.24) is 5.32 Å². The maximum absolute atomic E-state index is 11.6. The number of hydrogen-bond acceptors (Lipinski definition) is 5. The van der Waals surface area contributed by atoms with Gasteiger partial charge in [0.05, 0.1) is 19.6 Å². The number of unbranched alkanes of at least 4 members (excludes halogenated alkanes) is 2. The van der Waals surface area contributed by atoms with Crippen molar-refractivity contribution in [3.05, 3.63) is 0 Å². The van der Waals surface area contributed by atoms with Gasteiger partial charge < -0.3 is 20.9 Å². The molecule has 1 amide bonds. The topological polar surface area (TPSA) is 119 Å². The van der Waals surface area contributed by atoms with Crippen molar-refractivity contribution in [1.29, 1.82) is 0 Å². The summed E-state index contributed by atoms with van der Waals surface area (Å²) in [7, 11) is 1.23. The van der Waals surface area contributed by atoms with E-state index in [9.17, 15) is 14.4 Å². The van der Waals surface area contributed by atoms with Gasteiger partial charge in [-0.2, -0.15) is 0 Å². The van der Waals surface area contributed by atoms with Crippen LogP contribution in [0.5, 0.6) is 0 Å². The van der Waals surface area contributed by atoms with Crippen LogP contribution >= 0.6 is 0 Å². The summed E-state index contributed by atoms with van der Waals surface area (Å²) < 4.78 is 4.59. The molecular weight excluding hydrogens is 252 g/mol. The molecule has 0 spiro atoms. The van der Waals surface area contributed by atoms with E-state index in [-0.39, 0.29) is 0 Å². The van der Waals surface area contributed by atoms with Crippen molar-refractivity contribution < 1.29 is 24.2 Å². The van der Waals surface area contributed by atoms with Crippen molar-refractivity contribution in [2.45, 2.75) is 51.1 Å². The van der Waals surface area contributed by atoms with Crippen LogP contribution in [-0.2, 0) is 19.1 Å². The van der Waals surface area contributed by atoms with E-state index in [0.29, 0.717) is 6.42 Å². The highest BCUT2D eigenvalue weighted by atomic mass is 16.5. The number of rotatable bonds is 9. The molecule has 0 heterocycles. The van der Waals surface area contributed by atoms with Crippen LogP contribution < -0.4 is 11.1 Å². The SMILES string of the molecule is CCCCC[C@@H](NC(=O)[C@H](N)CC(=O)O)C(=O)OC. The highest BCUT2D eigenvalue weighted by molar-refractivity contribution is 5.89. The number of amides is 1. The number of nitrogens with two attached hydrogens (primary N) is 1. The molecule has 0 bridgehead atoms. The molecule has 110 valence electrons. The third-order valence-corrected chi connectivity index (χ3v) is 2.63. The first-order valence-corrected chi connectivity index (χ1v) is 6.27. The highest BCUT2D eigenvalue weighted by Crippen LogP contribution is 2.05. The second kappa shape index (κ2) is 9.32. The lowest BCUT2D eigenvalue weighted by molar-refractivity contribution is -0.145. The second-order valence-electron chi connectivity index (χ2n) is 4.28. The molecule has 0 saturated heterocycles. The summed E-state index contributed by atoms with van der Waals surface area (Å²) in [4.78, 5) is 33.6. The van der Waals surface area contributed by atoms with E-state index < -0.39 is 36.4 Å². The number of esters is 1. The lowest BCUT2D eigenvalue weighted by atomic mass is 10.1. The van der Waals surface area contributed by atoms with E-state index in [1.165, 1.54) is 7.11 Å². The van der Waals surface area contributed by atoms with Crippen molar-refractivity contribution in [3.63, 3.8) is 0 Å². The molecule has 0 aliphatic carbocycles. The van der Waals surface area contributed by atoms with Gasteiger partial charge in [-0.15, -0.1) is 0 Å². The molecule has 0 aromatic carbocycles. The predicted molar refractivity (Wildman–Crippen MR) is 68.3 cm³/mol. The van der Waals surface area contributed by atoms with Gasteiger partial charge in [0.15, 0.2) is 0 Å². The van der Waals surface area contributed by atoms with Crippen molar-refractivity contribution >= 4 is 17.8 Å². The Balaban J connectivity index is 4.41. The Kier molecular flexibility index (Phi) is 8.52. The molecular formula is C12H22N2O5. The Hall–Kier alpha value is -1.63. The number of aliphatic carboxylic acids is 1. The first-order valence-electron chi connectivity index (χ1n) is 6.27.